The third-order valence-corrected chi connectivity index (χ3v) is 6.33. The van der Waals surface area contributed by atoms with Gasteiger partial charge in [-0.15, -0.1) is 11.3 Å². The molecule has 0 spiro atoms. The summed E-state index contributed by atoms with van der Waals surface area (Å²) < 4.78 is 1.83. The zero-order chi connectivity index (χ0) is 12.9. The molecule has 1 aromatic rings. The molecule has 0 radical (unpaired) electrons. The van der Waals surface area contributed by atoms with Gasteiger partial charge in [-0.1, -0.05) is 0 Å². The molecular formula is C12H13Br2NO2S. The molecule has 2 heterocycles. The van der Waals surface area contributed by atoms with Gasteiger partial charge in [0.15, 0.2) is 0 Å². The number of fused-ring (bicyclic) bond motifs is 1. The normalized spacial score (nSPS) is 30.8. The number of halogens is 2. The molecule has 3 nitrogen and oxygen atoms in total. The maximum Gasteiger partial charge on any atom is 0.255 e. The van der Waals surface area contributed by atoms with Gasteiger partial charge in [0.05, 0.1) is 19.2 Å². The van der Waals surface area contributed by atoms with Gasteiger partial charge in [0.1, 0.15) is 0 Å². The van der Waals surface area contributed by atoms with Crippen LogP contribution in [0.25, 0.3) is 0 Å². The maximum absolute atomic E-state index is 12.4. The Balaban J connectivity index is 1.77. The van der Waals surface area contributed by atoms with E-state index >= 15 is 0 Å². The van der Waals surface area contributed by atoms with Crippen molar-refractivity contribution in [3.05, 3.63) is 19.2 Å². The molecule has 1 aromatic heterocycles. The number of aliphatic hydroxyl groups excluding tert-OH is 1. The molecular weight excluding hydrogens is 382 g/mol. The quantitative estimate of drug-likeness (QED) is 0.794. The predicted octanol–water partition coefficient (Wildman–Crippen LogP) is 3.12. The topological polar surface area (TPSA) is 40.5 Å². The van der Waals surface area contributed by atoms with Gasteiger partial charge in [-0.25, -0.2) is 0 Å². The summed E-state index contributed by atoms with van der Waals surface area (Å²) in [7, 11) is 0. The number of hydrogen-bond acceptors (Lipinski definition) is 3. The molecule has 1 saturated carbocycles. The molecule has 6 heteroatoms. The lowest BCUT2D eigenvalue weighted by Crippen LogP contribution is -2.30. The van der Waals surface area contributed by atoms with E-state index in [1.165, 1.54) is 11.3 Å². The number of thiophene rings is 1. The highest BCUT2D eigenvalue weighted by molar-refractivity contribution is 9.12. The number of nitrogens with zero attached hydrogens (tertiary/aromatic N) is 1. The number of carbonyl (C=O) groups is 1. The van der Waals surface area contributed by atoms with E-state index < -0.39 is 0 Å². The van der Waals surface area contributed by atoms with Crippen LogP contribution in [0.1, 0.15) is 23.2 Å². The van der Waals surface area contributed by atoms with Crippen LogP contribution in [0.5, 0.6) is 0 Å². The molecule has 18 heavy (non-hydrogen) atoms. The first kappa shape index (κ1) is 13.1. The van der Waals surface area contributed by atoms with Crippen molar-refractivity contribution in [2.24, 2.45) is 11.8 Å². The van der Waals surface area contributed by atoms with Crippen LogP contribution < -0.4 is 0 Å². The smallest absolute Gasteiger partial charge is 0.255 e. The van der Waals surface area contributed by atoms with Crippen molar-refractivity contribution in [1.82, 2.24) is 4.90 Å². The summed E-state index contributed by atoms with van der Waals surface area (Å²) >= 11 is 8.34. The Hall–Kier alpha value is 0.0900. The fourth-order valence-corrected chi connectivity index (χ4v) is 5.84. The van der Waals surface area contributed by atoms with Crippen LogP contribution in [-0.4, -0.2) is 35.1 Å². The van der Waals surface area contributed by atoms with E-state index in [1.807, 2.05) is 11.0 Å². The highest BCUT2D eigenvalue weighted by Crippen LogP contribution is 2.40. The van der Waals surface area contributed by atoms with Gasteiger partial charge >= 0.3 is 0 Å². The summed E-state index contributed by atoms with van der Waals surface area (Å²) in [5.41, 5.74) is 0.723. The van der Waals surface area contributed by atoms with Gasteiger partial charge in [-0.05, 0) is 56.7 Å². The third-order valence-electron chi connectivity index (χ3n) is 3.99. The second-order valence-corrected chi connectivity index (χ2v) is 8.77. The van der Waals surface area contributed by atoms with Crippen molar-refractivity contribution in [2.75, 3.05) is 13.1 Å². The van der Waals surface area contributed by atoms with Crippen LogP contribution in [-0.2, 0) is 0 Å². The Kier molecular flexibility index (Phi) is 3.55. The maximum atomic E-state index is 12.4. The molecule has 1 saturated heterocycles. The lowest BCUT2D eigenvalue weighted by Gasteiger charge is -2.18. The number of amides is 1. The van der Waals surface area contributed by atoms with Crippen molar-refractivity contribution >= 4 is 49.1 Å². The standard InChI is InChI=1S/C12H13Br2NO2S/c13-10-3-7(11(14)18-10)12(17)15-4-6-1-2-9(16)8(6)5-15/h3,6,8-9,16H,1-2,4-5H2. The lowest BCUT2D eigenvalue weighted by atomic mass is 10.00. The Morgan fingerprint density at radius 1 is 1.39 bits per heavy atom. The predicted molar refractivity (Wildman–Crippen MR) is 77.8 cm³/mol. The summed E-state index contributed by atoms with van der Waals surface area (Å²) in [6.45, 7) is 1.49. The van der Waals surface area contributed by atoms with E-state index in [1.54, 1.807) is 0 Å². The number of likely N-dealkylation sites (tertiary alicyclic amines) is 1. The minimum absolute atomic E-state index is 0.0745. The van der Waals surface area contributed by atoms with Crippen molar-refractivity contribution in [3.63, 3.8) is 0 Å². The molecule has 2 fully saturated rings. The number of rotatable bonds is 1. The molecule has 98 valence electrons. The van der Waals surface area contributed by atoms with Gasteiger partial charge < -0.3 is 10.0 Å². The van der Waals surface area contributed by atoms with Crippen molar-refractivity contribution in [2.45, 2.75) is 18.9 Å². The zero-order valence-corrected chi connectivity index (χ0v) is 13.6. The van der Waals surface area contributed by atoms with Gasteiger partial charge in [-0.3, -0.25) is 4.79 Å². The second-order valence-electron chi connectivity index (χ2n) is 5.02. The lowest BCUT2D eigenvalue weighted by molar-refractivity contribution is 0.0752. The SMILES string of the molecule is O=C(c1cc(Br)sc1Br)N1CC2CCC(O)C2C1. The van der Waals surface area contributed by atoms with E-state index in [9.17, 15) is 9.90 Å². The average Bonchev–Trinajstić information content (AvgIpc) is 2.96. The van der Waals surface area contributed by atoms with E-state index in [2.05, 4.69) is 31.9 Å². The Morgan fingerprint density at radius 3 is 2.78 bits per heavy atom. The van der Waals surface area contributed by atoms with Gasteiger partial charge in [0.25, 0.3) is 5.91 Å². The average molecular weight is 395 g/mol. The van der Waals surface area contributed by atoms with Crippen LogP contribution in [0.3, 0.4) is 0 Å². The first-order chi connectivity index (χ1) is 8.56. The largest absolute Gasteiger partial charge is 0.393 e. The molecule has 3 atom stereocenters. The van der Waals surface area contributed by atoms with Crippen LogP contribution in [0.4, 0.5) is 0 Å². The fraction of sp³-hybridized carbons (Fsp3) is 0.583. The van der Waals surface area contributed by atoms with E-state index in [0.29, 0.717) is 12.5 Å². The molecule has 0 aromatic carbocycles. The van der Waals surface area contributed by atoms with Gasteiger partial charge in [-0.2, -0.15) is 0 Å². The molecule has 2 aliphatic rings. The summed E-state index contributed by atoms with van der Waals surface area (Å²) in [4.78, 5) is 14.3. The summed E-state index contributed by atoms with van der Waals surface area (Å²) in [5, 5.41) is 9.88. The van der Waals surface area contributed by atoms with Gasteiger partial charge in [0.2, 0.25) is 0 Å². The minimum atomic E-state index is -0.217. The van der Waals surface area contributed by atoms with E-state index in [4.69, 9.17) is 0 Å². The number of carbonyl (C=O) groups excluding carboxylic acids is 1. The summed E-state index contributed by atoms with van der Waals surface area (Å²) in [6.07, 6.45) is 1.72. The third kappa shape index (κ3) is 2.17. The monoisotopic (exact) mass is 393 g/mol. The van der Waals surface area contributed by atoms with E-state index in [0.717, 1.165) is 32.5 Å². The molecule has 3 unspecified atom stereocenters. The number of aliphatic hydroxyl groups is 1. The highest BCUT2D eigenvalue weighted by atomic mass is 79.9. The molecule has 3 rings (SSSR count). The van der Waals surface area contributed by atoms with Gasteiger partial charge in [0, 0.05) is 19.0 Å². The molecule has 1 amide bonds. The second kappa shape index (κ2) is 4.89. The van der Waals surface area contributed by atoms with Crippen LogP contribution >= 0.6 is 43.2 Å². The number of hydrogen-bond donors (Lipinski definition) is 1. The zero-order valence-electron chi connectivity index (χ0n) is 9.60. The Bertz CT molecular complexity index is 490. The van der Waals surface area contributed by atoms with Crippen LogP contribution in [0, 0.1) is 11.8 Å². The Labute approximate surface area is 126 Å². The highest BCUT2D eigenvalue weighted by Gasteiger charge is 2.43. The fourth-order valence-electron chi connectivity index (χ4n) is 3.06. The van der Waals surface area contributed by atoms with Crippen molar-refractivity contribution in [3.8, 4) is 0 Å². The first-order valence-corrected chi connectivity index (χ1v) is 8.38. The molecule has 1 aliphatic heterocycles. The molecule has 0 bridgehead atoms. The van der Waals surface area contributed by atoms with E-state index in [-0.39, 0.29) is 17.9 Å². The summed E-state index contributed by atoms with van der Waals surface area (Å²) in [6, 6.07) is 1.86. The first-order valence-electron chi connectivity index (χ1n) is 5.98. The van der Waals surface area contributed by atoms with Crippen LogP contribution in [0.15, 0.2) is 13.6 Å². The molecule has 1 aliphatic carbocycles. The van der Waals surface area contributed by atoms with Crippen molar-refractivity contribution in [1.29, 1.82) is 0 Å². The minimum Gasteiger partial charge on any atom is -0.393 e. The summed E-state index contributed by atoms with van der Waals surface area (Å²) in [5.74, 6) is 0.852. The van der Waals surface area contributed by atoms with Crippen LogP contribution in [0.2, 0.25) is 0 Å². The molecule has 1 N–H and O–H groups in total. The van der Waals surface area contributed by atoms with Crippen molar-refractivity contribution < 1.29 is 9.90 Å². The Morgan fingerprint density at radius 2 is 2.17 bits per heavy atom.